The number of aliphatic imine (C=N–C) groups is 2. The van der Waals surface area contributed by atoms with E-state index in [0.717, 1.165) is 37.1 Å². The first kappa shape index (κ1) is 23.3. The number of allylic oxidation sites excluding steroid dienone is 5. The summed E-state index contributed by atoms with van der Waals surface area (Å²) < 4.78 is 5.86. The molecule has 0 aromatic heterocycles. The summed E-state index contributed by atoms with van der Waals surface area (Å²) in [4.78, 5) is 30.0. The van der Waals surface area contributed by atoms with Crippen LogP contribution in [0.25, 0.3) is 0 Å². The highest BCUT2D eigenvalue weighted by Crippen LogP contribution is 2.29. The summed E-state index contributed by atoms with van der Waals surface area (Å²) in [5.41, 5.74) is 2.57. The molecule has 31 heavy (non-hydrogen) atoms. The number of hydrogen-bond acceptors (Lipinski definition) is 4. The average molecular weight is 445 g/mol. The molecule has 8 heteroatoms. The van der Waals surface area contributed by atoms with E-state index in [1.54, 1.807) is 0 Å². The molecule has 0 aromatic carbocycles. The third kappa shape index (κ3) is 7.36. The maximum Gasteiger partial charge on any atom is 0.307 e. The predicted octanol–water partition coefficient (Wildman–Crippen LogP) is 4.60. The fourth-order valence-corrected chi connectivity index (χ4v) is 4.02. The van der Waals surface area contributed by atoms with E-state index in [9.17, 15) is 9.70 Å². The van der Waals surface area contributed by atoms with E-state index < -0.39 is 5.91 Å². The SMILES string of the molecule is CC(C)OC1C=CC(CC2C=NC(=NCC(=O)N=O)NC2CC2=CC=C(Cl)CC2)=CC1. The molecule has 3 aliphatic rings. The van der Waals surface area contributed by atoms with Gasteiger partial charge >= 0.3 is 5.91 Å². The van der Waals surface area contributed by atoms with Gasteiger partial charge in [0.2, 0.25) is 5.96 Å². The van der Waals surface area contributed by atoms with Crippen molar-refractivity contribution in [2.45, 2.75) is 64.2 Å². The average Bonchev–Trinajstić information content (AvgIpc) is 2.76. The lowest BCUT2D eigenvalue weighted by Crippen LogP contribution is -2.44. The number of nitrogens with one attached hydrogen (secondary N) is 1. The number of nitrogens with zero attached hydrogens (tertiary/aromatic N) is 3. The van der Waals surface area contributed by atoms with Gasteiger partial charge in [-0.3, -0.25) is 4.79 Å². The zero-order valence-corrected chi connectivity index (χ0v) is 18.7. The number of amides is 1. The van der Waals surface area contributed by atoms with Crippen LogP contribution in [0.15, 0.2) is 61.7 Å². The fraction of sp³-hybridized carbons (Fsp3) is 0.522. The Morgan fingerprint density at radius 3 is 2.81 bits per heavy atom. The van der Waals surface area contributed by atoms with Crippen LogP contribution in [0.2, 0.25) is 0 Å². The normalized spacial score (nSPS) is 26.9. The Hall–Kier alpha value is -2.38. The van der Waals surface area contributed by atoms with Crippen molar-refractivity contribution >= 4 is 29.7 Å². The van der Waals surface area contributed by atoms with E-state index >= 15 is 0 Å². The van der Waals surface area contributed by atoms with Gasteiger partial charge in [-0.1, -0.05) is 47.1 Å². The largest absolute Gasteiger partial charge is 0.371 e. The second kappa shape index (κ2) is 11.3. The zero-order valence-electron chi connectivity index (χ0n) is 18.0. The molecule has 1 amide bonds. The van der Waals surface area contributed by atoms with Crippen LogP contribution in [-0.2, 0) is 9.53 Å². The van der Waals surface area contributed by atoms with Gasteiger partial charge in [0, 0.05) is 28.4 Å². The van der Waals surface area contributed by atoms with E-state index in [2.05, 4.69) is 44.8 Å². The quantitative estimate of drug-likeness (QED) is 0.554. The molecule has 3 rings (SSSR count). The van der Waals surface area contributed by atoms with E-state index in [4.69, 9.17) is 16.3 Å². The van der Waals surface area contributed by atoms with Crippen molar-refractivity contribution in [2.75, 3.05) is 6.54 Å². The van der Waals surface area contributed by atoms with Crippen LogP contribution in [0.5, 0.6) is 0 Å². The number of rotatable bonds is 8. The van der Waals surface area contributed by atoms with E-state index in [1.807, 2.05) is 26.1 Å². The van der Waals surface area contributed by atoms with Crippen LogP contribution in [-0.4, -0.2) is 42.9 Å². The molecule has 0 spiro atoms. The van der Waals surface area contributed by atoms with Crippen molar-refractivity contribution in [3.05, 3.63) is 51.5 Å². The predicted molar refractivity (Wildman–Crippen MR) is 124 cm³/mol. The number of nitroso groups, excluding NO2 is 1. The van der Waals surface area contributed by atoms with E-state index in [1.165, 1.54) is 11.1 Å². The first-order valence-corrected chi connectivity index (χ1v) is 11.1. The van der Waals surface area contributed by atoms with Gasteiger partial charge in [-0.05, 0) is 52.0 Å². The van der Waals surface area contributed by atoms with Crippen LogP contribution in [0.1, 0.15) is 46.0 Å². The number of carbonyl (C=O) groups is 1. The van der Waals surface area contributed by atoms with Gasteiger partial charge in [0.25, 0.3) is 0 Å². The van der Waals surface area contributed by atoms with Crippen molar-refractivity contribution in [3.63, 3.8) is 0 Å². The minimum atomic E-state index is -0.811. The van der Waals surface area contributed by atoms with Crippen molar-refractivity contribution < 1.29 is 9.53 Å². The number of ether oxygens (including phenoxy) is 1. The summed E-state index contributed by atoms with van der Waals surface area (Å²) in [5, 5.41) is 6.60. The molecule has 1 aliphatic heterocycles. The standard InChI is InChI=1S/C23H29ClN4O3/c1-15(2)31-20-9-5-16(6-10-20)11-18-13-25-23(26-14-22(29)28-30)27-21(18)12-17-3-7-19(24)8-4-17/h3,5-7,9,13,15,18,20-21H,4,8,10-12,14H2,1-2H3,(H,26,27). The van der Waals surface area contributed by atoms with Crippen LogP contribution in [0, 0.1) is 10.8 Å². The molecule has 1 N–H and O–H groups in total. The van der Waals surface area contributed by atoms with Crippen molar-refractivity contribution in [1.29, 1.82) is 0 Å². The van der Waals surface area contributed by atoms with Crippen molar-refractivity contribution in [2.24, 2.45) is 21.1 Å². The minimum absolute atomic E-state index is 0.0750. The van der Waals surface area contributed by atoms with Crippen LogP contribution in [0.3, 0.4) is 0 Å². The lowest BCUT2D eigenvalue weighted by atomic mass is 9.85. The van der Waals surface area contributed by atoms with E-state index in [0.29, 0.717) is 5.96 Å². The topological polar surface area (TPSA) is 92.5 Å². The third-order valence-corrected chi connectivity index (χ3v) is 5.72. The van der Waals surface area contributed by atoms with Gasteiger partial charge in [0.1, 0.15) is 6.54 Å². The van der Waals surface area contributed by atoms with Crippen LogP contribution < -0.4 is 5.32 Å². The first-order valence-electron chi connectivity index (χ1n) is 10.7. The van der Waals surface area contributed by atoms with Gasteiger partial charge in [-0.15, -0.1) is 4.91 Å². The summed E-state index contributed by atoms with van der Waals surface area (Å²) in [6.07, 6.45) is 17.1. The lowest BCUT2D eigenvalue weighted by molar-refractivity contribution is -0.116. The Morgan fingerprint density at radius 1 is 1.32 bits per heavy atom. The Balaban J connectivity index is 1.70. The molecular formula is C23H29ClN4O3. The number of carbonyl (C=O) groups excluding carboxylic acids is 1. The molecule has 0 aromatic rings. The molecule has 166 valence electrons. The van der Waals surface area contributed by atoms with Crippen molar-refractivity contribution in [1.82, 2.24) is 5.32 Å². The highest BCUT2D eigenvalue weighted by molar-refractivity contribution is 6.29. The minimum Gasteiger partial charge on any atom is -0.371 e. The summed E-state index contributed by atoms with van der Waals surface area (Å²) >= 11 is 6.10. The molecule has 1 heterocycles. The van der Waals surface area contributed by atoms with Gasteiger partial charge < -0.3 is 10.1 Å². The van der Waals surface area contributed by atoms with E-state index in [-0.39, 0.29) is 30.7 Å². The van der Waals surface area contributed by atoms with Crippen molar-refractivity contribution in [3.8, 4) is 0 Å². The maximum atomic E-state index is 11.2. The molecule has 3 unspecified atom stereocenters. The van der Waals surface area contributed by atoms with Crippen LogP contribution >= 0.6 is 11.6 Å². The number of halogens is 1. The zero-order chi connectivity index (χ0) is 22.2. The Labute approximate surface area is 188 Å². The summed E-state index contributed by atoms with van der Waals surface area (Å²) in [6.45, 7) is 3.79. The third-order valence-electron chi connectivity index (χ3n) is 5.41. The maximum absolute atomic E-state index is 11.2. The molecule has 0 fully saturated rings. The molecule has 0 saturated carbocycles. The van der Waals surface area contributed by atoms with Crippen LogP contribution in [0.4, 0.5) is 0 Å². The summed E-state index contributed by atoms with van der Waals surface area (Å²) in [7, 11) is 0. The second-order valence-electron chi connectivity index (χ2n) is 8.26. The number of guanidine groups is 1. The highest BCUT2D eigenvalue weighted by atomic mass is 35.5. The Kier molecular flexibility index (Phi) is 8.49. The summed E-state index contributed by atoms with van der Waals surface area (Å²) in [6, 6.07) is 0.0750. The number of hydrogen-bond donors (Lipinski definition) is 1. The molecule has 2 aliphatic carbocycles. The smallest absolute Gasteiger partial charge is 0.307 e. The fourth-order valence-electron chi connectivity index (χ4n) is 3.86. The molecule has 7 nitrogen and oxygen atoms in total. The monoisotopic (exact) mass is 444 g/mol. The Morgan fingerprint density at radius 2 is 2.16 bits per heavy atom. The molecule has 3 atom stereocenters. The highest BCUT2D eigenvalue weighted by Gasteiger charge is 2.27. The van der Waals surface area contributed by atoms with Gasteiger partial charge in [-0.2, -0.15) is 0 Å². The molecule has 0 radical (unpaired) electrons. The molecular weight excluding hydrogens is 416 g/mol. The lowest BCUT2D eigenvalue weighted by Gasteiger charge is -2.31. The second-order valence-corrected chi connectivity index (χ2v) is 8.75. The van der Waals surface area contributed by atoms with Gasteiger partial charge in [-0.25, -0.2) is 9.98 Å². The Bertz CT molecular complexity index is 870. The van der Waals surface area contributed by atoms with Gasteiger partial charge in [0.05, 0.1) is 12.2 Å². The molecule has 0 saturated heterocycles. The summed E-state index contributed by atoms with van der Waals surface area (Å²) in [5.74, 6) is -0.282. The molecule has 0 bridgehead atoms. The van der Waals surface area contributed by atoms with Gasteiger partial charge in [0.15, 0.2) is 0 Å². The first-order chi connectivity index (χ1) is 14.9.